The molecule has 1 aromatic rings. The van der Waals surface area contributed by atoms with E-state index in [-0.39, 0.29) is 11.3 Å². The second-order valence-electron chi connectivity index (χ2n) is 3.70. The zero-order valence-electron chi connectivity index (χ0n) is 10.0. The zero-order chi connectivity index (χ0) is 14.6. The Hall–Kier alpha value is -2.13. The van der Waals surface area contributed by atoms with Crippen molar-refractivity contribution in [2.75, 3.05) is 18.3 Å². The summed E-state index contributed by atoms with van der Waals surface area (Å²) >= 11 is 0. The smallest absolute Gasteiger partial charge is 0.318 e. The first-order valence-corrected chi connectivity index (χ1v) is 6.52. The number of carboxylic acid groups (broad SMARTS) is 1. The fourth-order valence-corrected chi connectivity index (χ4v) is 2.08. The number of carbonyl (C=O) groups excluding carboxylic acids is 1. The van der Waals surface area contributed by atoms with Gasteiger partial charge in [-0.15, -0.1) is 0 Å². The van der Waals surface area contributed by atoms with Gasteiger partial charge < -0.3 is 10.8 Å². The number of hydrogen-bond donors (Lipinski definition) is 3. The first-order chi connectivity index (χ1) is 8.72. The third kappa shape index (κ3) is 4.23. The Labute approximate surface area is 110 Å². The number of likely N-dealkylation sites (N-methyl/N-ethyl adjacent to an activating group) is 1. The molecule has 0 aliphatic rings. The molecule has 19 heavy (non-hydrogen) atoms. The van der Waals surface area contributed by atoms with Gasteiger partial charge in [0.1, 0.15) is 6.54 Å². The van der Waals surface area contributed by atoms with Crippen LogP contribution in [0.3, 0.4) is 0 Å². The predicted octanol–water partition coefficient (Wildman–Crippen LogP) is -0.541. The van der Waals surface area contributed by atoms with E-state index < -0.39 is 28.6 Å². The van der Waals surface area contributed by atoms with Crippen LogP contribution in [-0.4, -0.2) is 43.3 Å². The molecular weight excluding hydrogens is 274 g/mol. The molecule has 0 fully saturated rings. The van der Waals surface area contributed by atoms with Gasteiger partial charge in [-0.25, -0.2) is 0 Å². The number of nitrogens with one attached hydrogen (secondary N) is 1. The monoisotopic (exact) mass is 287 g/mol. The Morgan fingerprint density at radius 3 is 2.26 bits per heavy atom. The topological polar surface area (TPSA) is 130 Å². The summed E-state index contributed by atoms with van der Waals surface area (Å²) in [5.41, 5.74) is 5.48. The molecule has 0 saturated heterocycles. The number of aliphatic carboxylic acids is 1. The lowest BCUT2D eigenvalue weighted by atomic mass is 10.2. The summed E-state index contributed by atoms with van der Waals surface area (Å²) in [5, 5.41) is 8.53. The maximum absolute atomic E-state index is 11.7. The number of amides is 1. The van der Waals surface area contributed by atoms with Crippen LogP contribution < -0.4 is 10.5 Å². The first-order valence-electron chi connectivity index (χ1n) is 5.08. The number of rotatable bonds is 6. The second-order valence-corrected chi connectivity index (χ2v) is 5.48. The van der Waals surface area contributed by atoms with E-state index in [9.17, 15) is 18.0 Å². The van der Waals surface area contributed by atoms with Gasteiger partial charge in [0.05, 0.1) is 0 Å². The van der Waals surface area contributed by atoms with Crippen LogP contribution in [0, 0.1) is 0 Å². The van der Waals surface area contributed by atoms with E-state index in [0.717, 1.165) is 7.05 Å². The molecule has 9 heteroatoms. The summed E-state index contributed by atoms with van der Waals surface area (Å²) in [5.74, 6) is -1.89. The lowest BCUT2D eigenvalue weighted by molar-refractivity contribution is -0.137. The van der Waals surface area contributed by atoms with Crippen molar-refractivity contribution in [3.05, 3.63) is 29.8 Å². The van der Waals surface area contributed by atoms with Crippen LogP contribution in [0.2, 0.25) is 0 Å². The molecule has 0 spiro atoms. The van der Waals surface area contributed by atoms with Crippen LogP contribution >= 0.6 is 0 Å². The first kappa shape index (κ1) is 14.9. The summed E-state index contributed by atoms with van der Waals surface area (Å²) in [4.78, 5) is 21.3. The molecule has 0 heterocycles. The minimum Gasteiger partial charge on any atom is -0.480 e. The average molecular weight is 287 g/mol. The minimum absolute atomic E-state index is 0.197. The van der Waals surface area contributed by atoms with Crippen molar-refractivity contribution in [3.8, 4) is 0 Å². The third-order valence-corrected chi connectivity index (χ3v) is 3.63. The average Bonchev–Trinajstić information content (AvgIpc) is 2.28. The molecular formula is C10H13N3O5S. The molecule has 1 aromatic carbocycles. The number of carbonyl (C=O) groups is 2. The highest BCUT2D eigenvalue weighted by atomic mass is 32.2. The van der Waals surface area contributed by atoms with Crippen molar-refractivity contribution in [3.63, 3.8) is 0 Å². The van der Waals surface area contributed by atoms with Crippen molar-refractivity contribution in [2.24, 2.45) is 5.73 Å². The summed E-state index contributed by atoms with van der Waals surface area (Å²) in [6.07, 6.45) is 0. The van der Waals surface area contributed by atoms with Crippen molar-refractivity contribution < 1.29 is 23.1 Å². The standard InChI is InChI=1S/C10H13N3O5S/c1-13(6-9(14)15)19(17,18)12-8-4-2-7(3-5-8)10(11)16/h2-5,12H,6H2,1H3,(H2,11,16)(H,14,15). The largest absolute Gasteiger partial charge is 0.480 e. The minimum atomic E-state index is -3.96. The number of primary amides is 1. The highest BCUT2D eigenvalue weighted by molar-refractivity contribution is 7.90. The van der Waals surface area contributed by atoms with Gasteiger partial charge in [0.15, 0.2) is 0 Å². The van der Waals surface area contributed by atoms with Gasteiger partial charge in [-0.05, 0) is 24.3 Å². The molecule has 1 amide bonds. The maximum atomic E-state index is 11.7. The van der Waals surface area contributed by atoms with Gasteiger partial charge in [0.2, 0.25) is 5.91 Å². The van der Waals surface area contributed by atoms with E-state index in [1.807, 2.05) is 0 Å². The maximum Gasteiger partial charge on any atom is 0.318 e. The highest BCUT2D eigenvalue weighted by Crippen LogP contribution is 2.12. The Morgan fingerprint density at radius 2 is 1.84 bits per heavy atom. The quantitative estimate of drug-likeness (QED) is 0.647. The molecule has 0 atom stereocenters. The third-order valence-electron chi connectivity index (χ3n) is 2.18. The molecule has 0 aliphatic heterocycles. The summed E-state index contributed by atoms with van der Waals surface area (Å²) in [7, 11) is -2.82. The predicted molar refractivity (Wildman–Crippen MR) is 67.8 cm³/mol. The molecule has 0 unspecified atom stereocenters. The van der Waals surface area contributed by atoms with Crippen molar-refractivity contribution >= 4 is 27.8 Å². The van der Waals surface area contributed by atoms with Crippen molar-refractivity contribution in [2.45, 2.75) is 0 Å². The number of nitrogens with zero attached hydrogens (tertiary/aromatic N) is 1. The Bertz CT molecular complexity index is 582. The fourth-order valence-electron chi connectivity index (χ4n) is 1.20. The molecule has 0 radical (unpaired) electrons. The molecule has 4 N–H and O–H groups in total. The van der Waals surface area contributed by atoms with Crippen LogP contribution in [0.5, 0.6) is 0 Å². The Morgan fingerprint density at radius 1 is 1.32 bits per heavy atom. The van der Waals surface area contributed by atoms with E-state index in [1.54, 1.807) is 0 Å². The van der Waals surface area contributed by atoms with Crippen LogP contribution in [-0.2, 0) is 15.0 Å². The van der Waals surface area contributed by atoms with Gasteiger partial charge in [-0.1, -0.05) is 0 Å². The summed E-state index contributed by atoms with van der Waals surface area (Å²) in [6, 6.07) is 5.42. The number of benzene rings is 1. The van der Waals surface area contributed by atoms with E-state index in [0.29, 0.717) is 4.31 Å². The number of anilines is 1. The zero-order valence-corrected chi connectivity index (χ0v) is 10.8. The molecule has 0 bridgehead atoms. The number of nitrogens with two attached hydrogens (primary N) is 1. The van der Waals surface area contributed by atoms with E-state index in [1.165, 1.54) is 24.3 Å². The van der Waals surface area contributed by atoms with Gasteiger partial charge in [0.25, 0.3) is 0 Å². The van der Waals surface area contributed by atoms with Crippen LogP contribution in [0.25, 0.3) is 0 Å². The lowest BCUT2D eigenvalue weighted by Crippen LogP contribution is -2.36. The van der Waals surface area contributed by atoms with E-state index in [4.69, 9.17) is 10.8 Å². The molecule has 0 aromatic heterocycles. The van der Waals surface area contributed by atoms with Gasteiger partial charge >= 0.3 is 16.2 Å². The Kier molecular flexibility index (Phi) is 4.46. The molecule has 0 saturated carbocycles. The van der Waals surface area contributed by atoms with Gasteiger partial charge in [0, 0.05) is 18.3 Å². The Balaban J connectivity index is 2.83. The molecule has 0 aliphatic carbocycles. The van der Waals surface area contributed by atoms with Gasteiger partial charge in [-0.3, -0.25) is 14.3 Å². The van der Waals surface area contributed by atoms with Crippen LogP contribution in [0.1, 0.15) is 10.4 Å². The molecule has 1 rings (SSSR count). The van der Waals surface area contributed by atoms with Gasteiger partial charge in [-0.2, -0.15) is 12.7 Å². The molecule has 8 nitrogen and oxygen atoms in total. The highest BCUT2D eigenvalue weighted by Gasteiger charge is 2.19. The normalized spacial score (nSPS) is 11.3. The van der Waals surface area contributed by atoms with Crippen LogP contribution in [0.15, 0.2) is 24.3 Å². The number of carboxylic acids is 1. The van der Waals surface area contributed by atoms with E-state index in [2.05, 4.69) is 4.72 Å². The molecule has 104 valence electrons. The van der Waals surface area contributed by atoms with Crippen molar-refractivity contribution in [1.29, 1.82) is 0 Å². The lowest BCUT2D eigenvalue weighted by Gasteiger charge is -2.16. The SMILES string of the molecule is CN(CC(=O)O)S(=O)(=O)Nc1ccc(C(N)=O)cc1. The van der Waals surface area contributed by atoms with E-state index >= 15 is 0 Å². The summed E-state index contributed by atoms with van der Waals surface area (Å²) < 4.78 is 26.3. The van der Waals surface area contributed by atoms with Crippen LogP contribution in [0.4, 0.5) is 5.69 Å². The summed E-state index contributed by atoms with van der Waals surface area (Å²) in [6.45, 7) is -0.658. The fraction of sp³-hybridized carbons (Fsp3) is 0.200. The second kappa shape index (κ2) is 5.67. The number of hydrogen-bond acceptors (Lipinski definition) is 4. The van der Waals surface area contributed by atoms with Crippen molar-refractivity contribution in [1.82, 2.24) is 4.31 Å².